The topological polar surface area (TPSA) is 228 Å². The quantitative estimate of drug-likeness (QED) is 0.0865. The first-order valence-corrected chi connectivity index (χ1v) is 22.2. The van der Waals surface area contributed by atoms with E-state index < -0.39 is 83.6 Å². The summed E-state index contributed by atoms with van der Waals surface area (Å²) in [4.78, 5) is 90.7. The SMILES string of the molecule is CSCC[C@@H]1NC(=O)[C@H]([C@@H](C)O)NC(=O)[C@H](CCCCN)NC(=O)[C@H](Cc2c[nH]c3ccccc23)NC(=O)[C@H](Cc2ccc(F)cc2)NC(=O)[C@H](Cc2ccccc2)N(C)C1=O. The molecule has 1 saturated heterocycles. The number of hydrogen-bond donors (Lipinski definition) is 8. The standard InChI is InChI=1S/C45H57FN8O7S/c1-27(55)39-44(60)50-35(20-22-62-3)45(61)54(2)38(24-28-11-5-4-6-12-28)43(59)52-36(23-29-16-18-31(46)19-17-29)41(57)51-37(25-30-26-48-33-14-8-7-13-32(30)33)42(58)49-34(40(56)53-39)15-9-10-21-47/h4-8,11-14,16-19,26-27,34-39,48,55H,9-10,15,20-25,47H2,1-3H3,(H,49,58)(H,50,60)(H,51,57)(H,52,59)(H,53,56)/t27-,34+,35+,36+,37+,38+,39+/m1/s1. The summed E-state index contributed by atoms with van der Waals surface area (Å²) in [5.41, 5.74) is 8.43. The number of aliphatic hydroxyl groups excluding tert-OH is 1. The van der Waals surface area contributed by atoms with Crippen LogP contribution in [0.4, 0.5) is 4.39 Å². The molecule has 9 N–H and O–H groups in total. The van der Waals surface area contributed by atoms with Gasteiger partial charge in [0.1, 0.15) is 42.1 Å². The molecule has 1 aromatic heterocycles. The lowest BCUT2D eigenvalue weighted by atomic mass is 9.99. The van der Waals surface area contributed by atoms with E-state index >= 15 is 0 Å². The molecule has 17 heteroatoms. The molecule has 332 valence electrons. The highest BCUT2D eigenvalue weighted by Crippen LogP contribution is 2.20. The van der Waals surface area contributed by atoms with Crippen LogP contribution in [0, 0.1) is 5.82 Å². The number of fused-ring (bicyclic) bond motifs is 1. The van der Waals surface area contributed by atoms with Crippen molar-refractivity contribution in [2.24, 2.45) is 5.73 Å². The van der Waals surface area contributed by atoms with Crippen molar-refractivity contribution in [3.05, 3.63) is 108 Å². The van der Waals surface area contributed by atoms with Gasteiger partial charge in [-0.3, -0.25) is 28.8 Å². The number of carbonyl (C=O) groups excluding carboxylic acids is 6. The average molecular weight is 873 g/mol. The van der Waals surface area contributed by atoms with Crippen molar-refractivity contribution in [1.82, 2.24) is 36.5 Å². The number of nitrogens with zero attached hydrogens (tertiary/aromatic N) is 1. The predicted octanol–water partition coefficient (Wildman–Crippen LogP) is 1.86. The van der Waals surface area contributed by atoms with E-state index in [1.54, 1.807) is 30.5 Å². The summed E-state index contributed by atoms with van der Waals surface area (Å²) in [6.07, 6.45) is 3.15. The molecule has 1 aliphatic heterocycles. The summed E-state index contributed by atoms with van der Waals surface area (Å²) in [6.45, 7) is 1.63. The van der Waals surface area contributed by atoms with Crippen LogP contribution in [0.15, 0.2) is 85.1 Å². The number of rotatable bonds is 14. The number of halogens is 1. The largest absolute Gasteiger partial charge is 0.391 e. The van der Waals surface area contributed by atoms with E-state index in [1.807, 2.05) is 36.6 Å². The lowest BCUT2D eigenvalue weighted by Crippen LogP contribution is -2.63. The molecule has 6 amide bonds. The fraction of sp³-hybridized carbons (Fsp3) is 0.422. The number of likely N-dealkylation sites (N-methyl/N-ethyl adjacent to an activating group) is 1. The molecule has 1 aliphatic rings. The van der Waals surface area contributed by atoms with E-state index in [2.05, 4.69) is 31.6 Å². The minimum absolute atomic E-state index is 0.0203. The Morgan fingerprint density at radius 3 is 1.97 bits per heavy atom. The Hall–Kier alpha value is -5.78. The zero-order valence-electron chi connectivity index (χ0n) is 35.2. The van der Waals surface area contributed by atoms with Gasteiger partial charge in [-0.1, -0.05) is 60.7 Å². The van der Waals surface area contributed by atoms with Gasteiger partial charge in [0.15, 0.2) is 0 Å². The maximum absolute atomic E-state index is 14.6. The minimum atomic E-state index is -1.54. The van der Waals surface area contributed by atoms with Crippen molar-refractivity contribution >= 4 is 58.1 Å². The number of benzene rings is 3. The summed E-state index contributed by atoms with van der Waals surface area (Å²) in [6, 6.07) is 14.0. The lowest BCUT2D eigenvalue weighted by molar-refractivity contribution is -0.143. The molecule has 4 aromatic rings. The second-order valence-corrected chi connectivity index (χ2v) is 16.6. The van der Waals surface area contributed by atoms with Gasteiger partial charge in [-0.25, -0.2) is 4.39 Å². The number of unbranched alkanes of at least 4 members (excludes halogenated alkanes) is 1. The highest BCUT2D eigenvalue weighted by molar-refractivity contribution is 7.98. The van der Waals surface area contributed by atoms with Gasteiger partial charge >= 0.3 is 0 Å². The first-order valence-electron chi connectivity index (χ1n) is 20.8. The predicted molar refractivity (Wildman–Crippen MR) is 236 cm³/mol. The van der Waals surface area contributed by atoms with Crippen LogP contribution in [0.25, 0.3) is 10.9 Å². The third-order valence-electron chi connectivity index (χ3n) is 11.0. The molecule has 2 heterocycles. The van der Waals surface area contributed by atoms with Gasteiger partial charge in [0.05, 0.1) is 6.10 Å². The van der Waals surface area contributed by atoms with Crippen LogP contribution < -0.4 is 32.3 Å². The molecule has 0 unspecified atom stereocenters. The van der Waals surface area contributed by atoms with E-state index in [0.29, 0.717) is 41.8 Å². The van der Waals surface area contributed by atoms with E-state index in [-0.39, 0.29) is 32.1 Å². The van der Waals surface area contributed by atoms with Crippen molar-refractivity contribution in [3.63, 3.8) is 0 Å². The molecule has 15 nitrogen and oxygen atoms in total. The van der Waals surface area contributed by atoms with Gasteiger partial charge in [0, 0.05) is 43.4 Å². The van der Waals surface area contributed by atoms with E-state index in [0.717, 1.165) is 10.9 Å². The fourth-order valence-electron chi connectivity index (χ4n) is 7.43. The molecule has 3 aromatic carbocycles. The van der Waals surface area contributed by atoms with Gasteiger partial charge < -0.3 is 47.3 Å². The zero-order chi connectivity index (χ0) is 44.8. The number of H-pyrrole nitrogens is 1. The molecule has 7 atom stereocenters. The molecule has 0 bridgehead atoms. The number of carbonyl (C=O) groups is 6. The van der Waals surface area contributed by atoms with Crippen LogP contribution >= 0.6 is 11.8 Å². The van der Waals surface area contributed by atoms with Crippen LogP contribution in [0.5, 0.6) is 0 Å². The van der Waals surface area contributed by atoms with E-state index in [9.17, 15) is 38.3 Å². The number of aromatic nitrogens is 1. The smallest absolute Gasteiger partial charge is 0.245 e. The normalized spacial score (nSPS) is 22.8. The maximum Gasteiger partial charge on any atom is 0.245 e. The highest BCUT2D eigenvalue weighted by Gasteiger charge is 2.38. The Morgan fingerprint density at radius 2 is 1.29 bits per heavy atom. The van der Waals surface area contributed by atoms with Gasteiger partial charge in [-0.15, -0.1) is 0 Å². The van der Waals surface area contributed by atoms with Crippen LogP contribution in [0.3, 0.4) is 0 Å². The summed E-state index contributed by atoms with van der Waals surface area (Å²) in [5.74, 6) is -4.49. The monoisotopic (exact) mass is 872 g/mol. The Labute approximate surface area is 364 Å². The van der Waals surface area contributed by atoms with Gasteiger partial charge in [0.2, 0.25) is 35.4 Å². The molecule has 5 rings (SSSR count). The number of thioether (sulfide) groups is 1. The highest BCUT2D eigenvalue weighted by atomic mass is 32.2. The van der Waals surface area contributed by atoms with Crippen molar-refractivity contribution in [2.75, 3.05) is 25.6 Å². The van der Waals surface area contributed by atoms with Gasteiger partial charge in [0.25, 0.3) is 0 Å². The number of aliphatic hydroxyl groups is 1. The van der Waals surface area contributed by atoms with Gasteiger partial charge in [-0.05, 0) is 86.0 Å². The molecule has 1 fully saturated rings. The van der Waals surface area contributed by atoms with Crippen molar-refractivity contribution in [2.45, 2.75) is 94.2 Å². The second-order valence-electron chi connectivity index (χ2n) is 15.6. The van der Waals surface area contributed by atoms with Crippen LogP contribution in [0.2, 0.25) is 0 Å². The van der Waals surface area contributed by atoms with Crippen LogP contribution in [-0.4, -0.2) is 118 Å². The first kappa shape index (κ1) is 47.3. The van der Waals surface area contributed by atoms with Crippen molar-refractivity contribution in [3.8, 4) is 0 Å². The number of aromatic amines is 1. The average Bonchev–Trinajstić information content (AvgIpc) is 3.67. The summed E-state index contributed by atoms with van der Waals surface area (Å²) in [7, 11) is 1.43. The van der Waals surface area contributed by atoms with E-state index in [4.69, 9.17) is 5.73 Å². The Balaban J connectivity index is 1.62. The Bertz CT molecular complexity index is 2150. The fourth-order valence-corrected chi connectivity index (χ4v) is 7.90. The van der Waals surface area contributed by atoms with Crippen LogP contribution in [-0.2, 0) is 48.0 Å². The third-order valence-corrected chi connectivity index (χ3v) is 11.6. The Kier molecular flexibility index (Phi) is 17.4. The molecule has 0 spiro atoms. The summed E-state index contributed by atoms with van der Waals surface area (Å²) in [5, 5.41) is 25.4. The molecule has 0 aliphatic carbocycles. The maximum atomic E-state index is 14.6. The van der Waals surface area contributed by atoms with Crippen molar-refractivity contribution in [1.29, 1.82) is 0 Å². The zero-order valence-corrected chi connectivity index (χ0v) is 36.0. The molecule has 0 saturated carbocycles. The summed E-state index contributed by atoms with van der Waals surface area (Å²) < 4.78 is 14.1. The number of para-hydroxylation sites is 1. The third kappa shape index (κ3) is 12.9. The number of nitrogens with one attached hydrogen (secondary N) is 6. The minimum Gasteiger partial charge on any atom is -0.391 e. The summed E-state index contributed by atoms with van der Waals surface area (Å²) >= 11 is 1.43. The first-order chi connectivity index (χ1) is 29.8. The molecular formula is C45H57FN8O7S. The molecule has 0 radical (unpaired) electrons. The number of nitrogens with two attached hydrogens (primary N) is 1. The Morgan fingerprint density at radius 1 is 0.694 bits per heavy atom. The molecule has 62 heavy (non-hydrogen) atoms. The second kappa shape index (κ2) is 22.9. The number of amides is 6. The lowest BCUT2D eigenvalue weighted by Gasteiger charge is -2.33. The number of hydrogen-bond acceptors (Lipinski definition) is 9. The van der Waals surface area contributed by atoms with Crippen LogP contribution in [0.1, 0.15) is 49.3 Å². The van der Waals surface area contributed by atoms with Gasteiger partial charge in [-0.2, -0.15) is 11.8 Å². The van der Waals surface area contributed by atoms with E-state index in [1.165, 1.54) is 54.9 Å². The van der Waals surface area contributed by atoms with Crippen molar-refractivity contribution < 1.29 is 38.3 Å². The molecular weight excluding hydrogens is 816 g/mol.